The molecule has 0 bridgehead atoms. The second kappa shape index (κ2) is 6.44. The first-order valence-electron chi connectivity index (χ1n) is 6.45. The standard InChI is InChI=1S/C15H24ClNO/c1-11(2)14(10-17-15(3,4)5)18-13-8-6-7-12(16)9-13/h6-9,11,14,17H,10H2,1-5H3. The molecule has 0 aromatic heterocycles. The van der Waals surface area contributed by atoms with E-state index in [1.54, 1.807) is 0 Å². The molecular formula is C15H24ClNO. The second-order valence-corrected chi connectivity index (χ2v) is 6.43. The van der Waals surface area contributed by atoms with Gasteiger partial charge in [0.05, 0.1) is 0 Å². The van der Waals surface area contributed by atoms with Gasteiger partial charge in [-0.1, -0.05) is 31.5 Å². The minimum atomic E-state index is 0.102. The van der Waals surface area contributed by atoms with Crippen molar-refractivity contribution in [1.82, 2.24) is 5.32 Å². The van der Waals surface area contributed by atoms with E-state index in [0.717, 1.165) is 12.3 Å². The lowest BCUT2D eigenvalue weighted by Gasteiger charge is -2.28. The van der Waals surface area contributed by atoms with E-state index in [2.05, 4.69) is 39.9 Å². The quantitative estimate of drug-likeness (QED) is 0.868. The first-order valence-corrected chi connectivity index (χ1v) is 6.83. The highest BCUT2D eigenvalue weighted by Gasteiger charge is 2.18. The number of rotatable bonds is 5. The summed E-state index contributed by atoms with van der Waals surface area (Å²) in [6, 6.07) is 7.56. The Hall–Kier alpha value is -0.730. The van der Waals surface area contributed by atoms with Gasteiger partial charge in [0.2, 0.25) is 0 Å². The predicted molar refractivity (Wildman–Crippen MR) is 78.5 cm³/mol. The van der Waals surface area contributed by atoms with Crippen LogP contribution >= 0.6 is 11.6 Å². The monoisotopic (exact) mass is 269 g/mol. The topological polar surface area (TPSA) is 21.3 Å². The Balaban J connectivity index is 2.63. The lowest BCUT2D eigenvalue weighted by Crippen LogP contribution is -2.44. The van der Waals surface area contributed by atoms with Crippen molar-refractivity contribution in [2.24, 2.45) is 5.92 Å². The molecule has 1 aromatic carbocycles. The van der Waals surface area contributed by atoms with Crippen LogP contribution in [0.3, 0.4) is 0 Å². The highest BCUT2D eigenvalue weighted by Crippen LogP contribution is 2.20. The Morgan fingerprint density at radius 3 is 2.44 bits per heavy atom. The molecule has 18 heavy (non-hydrogen) atoms. The van der Waals surface area contributed by atoms with Crippen LogP contribution in [-0.4, -0.2) is 18.2 Å². The van der Waals surface area contributed by atoms with Gasteiger partial charge in [-0.15, -0.1) is 0 Å². The van der Waals surface area contributed by atoms with Crippen molar-refractivity contribution in [3.05, 3.63) is 29.3 Å². The molecule has 0 fully saturated rings. The number of halogens is 1. The van der Waals surface area contributed by atoms with Crippen LogP contribution in [0.15, 0.2) is 24.3 Å². The molecule has 1 rings (SSSR count). The first kappa shape index (κ1) is 15.3. The molecule has 0 heterocycles. The van der Waals surface area contributed by atoms with E-state index < -0.39 is 0 Å². The third kappa shape index (κ3) is 5.74. The normalized spacial score (nSPS) is 13.7. The van der Waals surface area contributed by atoms with E-state index in [9.17, 15) is 0 Å². The maximum Gasteiger partial charge on any atom is 0.121 e. The average Bonchev–Trinajstić information content (AvgIpc) is 2.22. The first-order chi connectivity index (χ1) is 8.28. The summed E-state index contributed by atoms with van der Waals surface area (Å²) in [5.74, 6) is 1.27. The predicted octanol–water partition coefficient (Wildman–Crippen LogP) is 4.13. The van der Waals surface area contributed by atoms with Gasteiger partial charge in [-0.05, 0) is 44.9 Å². The van der Waals surface area contributed by atoms with E-state index in [0.29, 0.717) is 10.9 Å². The van der Waals surface area contributed by atoms with Crippen LogP contribution in [0, 0.1) is 5.92 Å². The molecule has 0 radical (unpaired) electrons. The lowest BCUT2D eigenvalue weighted by molar-refractivity contribution is 0.140. The zero-order valence-electron chi connectivity index (χ0n) is 12.0. The fraction of sp³-hybridized carbons (Fsp3) is 0.600. The maximum atomic E-state index is 6.01. The van der Waals surface area contributed by atoms with Crippen LogP contribution in [0.25, 0.3) is 0 Å². The fourth-order valence-electron chi connectivity index (χ4n) is 1.54. The van der Waals surface area contributed by atoms with Gasteiger partial charge in [0.1, 0.15) is 11.9 Å². The molecule has 0 aliphatic rings. The molecule has 1 atom stereocenters. The maximum absolute atomic E-state index is 6.01. The minimum Gasteiger partial charge on any atom is -0.489 e. The second-order valence-electron chi connectivity index (χ2n) is 5.99. The lowest BCUT2D eigenvalue weighted by atomic mass is 10.0. The Bertz CT molecular complexity index is 371. The molecule has 1 aromatic rings. The van der Waals surface area contributed by atoms with Crippen molar-refractivity contribution in [3.63, 3.8) is 0 Å². The van der Waals surface area contributed by atoms with E-state index in [4.69, 9.17) is 16.3 Å². The molecule has 0 aliphatic carbocycles. The van der Waals surface area contributed by atoms with E-state index in [1.165, 1.54) is 0 Å². The van der Waals surface area contributed by atoms with Gasteiger partial charge in [-0.3, -0.25) is 0 Å². The molecule has 0 aliphatic heterocycles. The molecule has 1 unspecified atom stereocenters. The highest BCUT2D eigenvalue weighted by molar-refractivity contribution is 6.30. The molecule has 0 saturated carbocycles. The molecule has 3 heteroatoms. The third-order valence-electron chi connectivity index (χ3n) is 2.66. The Kier molecular flexibility index (Phi) is 5.48. The number of ether oxygens (including phenoxy) is 1. The van der Waals surface area contributed by atoms with Crippen molar-refractivity contribution in [2.45, 2.75) is 46.3 Å². The SMILES string of the molecule is CC(C)C(CNC(C)(C)C)Oc1cccc(Cl)c1. The van der Waals surface area contributed by atoms with Crippen LogP contribution in [0.4, 0.5) is 0 Å². The summed E-state index contributed by atoms with van der Waals surface area (Å²) in [6.45, 7) is 11.6. The number of benzene rings is 1. The summed E-state index contributed by atoms with van der Waals surface area (Å²) < 4.78 is 6.01. The van der Waals surface area contributed by atoms with E-state index >= 15 is 0 Å². The molecular weight excluding hydrogens is 246 g/mol. The Morgan fingerprint density at radius 2 is 1.94 bits per heavy atom. The van der Waals surface area contributed by atoms with Crippen molar-refractivity contribution in [1.29, 1.82) is 0 Å². The zero-order chi connectivity index (χ0) is 13.8. The summed E-state index contributed by atoms with van der Waals surface area (Å²) in [5, 5.41) is 4.19. The highest BCUT2D eigenvalue weighted by atomic mass is 35.5. The third-order valence-corrected chi connectivity index (χ3v) is 2.90. The van der Waals surface area contributed by atoms with Crippen molar-refractivity contribution >= 4 is 11.6 Å². The largest absolute Gasteiger partial charge is 0.489 e. The summed E-state index contributed by atoms with van der Waals surface area (Å²) in [4.78, 5) is 0. The Morgan fingerprint density at radius 1 is 1.28 bits per heavy atom. The zero-order valence-corrected chi connectivity index (χ0v) is 12.7. The summed E-state index contributed by atoms with van der Waals surface area (Å²) in [6.07, 6.45) is 0.141. The van der Waals surface area contributed by atoms with Gasteiger partial charge in [0.25, 0.3) is 0 Å². The van der Waals surface area contributed by atoms with Crippen LogP contribution in [0.5, 0.6) is 5.75 Å². The average molecular weight is 270 g/mol. The molecule has 0 saturated heterocycles. The van der Waals surface area contributed by atoms with Gasteiger partial charge in [0.15, 0.2) is 0 Å². The number of nitrogens with one attached hydrogen (secondary N) is 1. The van der Waals surface area contributed by atoms with Crippen LogP contribution in [0.1, 0.15) is 34.6 Å². The van der Waals surface area contributed by atoms with Gasteiger partial charge in [0, 0.05) is 17.1 Å². The van der Waals surface area contributed by atoms with E-state index in [1.807, 2.05) is 24.3 Å². The van der Waals surface area contributed by atoms with Crippen molar-refractivity contribution in [2.75, 3.05) is 6.54 Å². The van der Waals surface area contributed by atoms with Gasteiger partial charge in [-0.25, -0.2) is 0 Å². The van der Waals surface area contributed by atoms with E-state index in [-0.39, 0.29) is 11.6 Å². The van der Waals surface area contributed by atoms with Crippen LogP contribution < -0.4 is 10.1 Å². The molecule has 102 valence electrons. The van der Waals surface area contributed by atoms with Crippen LogP contribution in [-0.2, 0) is 0 Å². The van der Waals surface area contributed by atoms with Crippen molar-refractivity contribution < 1.29 is 4.74 Å². The summed E-state index contributed by atoms with van der Waals surface area (Å²) in [5.41, 5.74) is 0.102. The minimum absolute atomic E-state index is 0.102. The fourth-order valence-corrected chi connectivity index (χ4v) is 1.72. The van der Waals surface area contributed by atoms with Gasteiger partial charge < -0.3 is 10.1 Å². The molecule has 0 amide bonds. The van der Waals surface area contributed by atoms with Gasteiger partial charge >= 0.3 is 0 Å². The summed E-state index contributed by atoms with van der Waals surface area (Å²) in [7, 11) is 0. The smallest absolute Gasteiger partial charge is 0.121 e. The molecule has 0 spiro atoms. The Labute approximate surface area is 116 Å². The van der Waals surface area contributed by atoms with Crippen LogP contribution in [0.2, 0.25) is 5.02 Å². The van der Waals surface area contributed by atoms with Gasteiger partial charge in [-0.2, -0.15) is 0 Å². The van der Waals surface area contributed by atoms with Crippen molar-refractivity contribution in [3.8, 4) is 5.75 Å². The molecule has 2 nitrogen and oxygen atoms in total. The molecule has 1 N–H and O–H groups in total. The number of hydrogen-bond donors (Lipinski definition) is 1. The number of hydrogen-bond acceptors (Lipinski definition) is 2. The summed E-state index contributed by atoms with van der Waals surface area (Å²) >= 11 is 5.96.